The van der Waals surface area contributed by atoms with Gasteiger partial charge in [0.05, 0.1) is 6.33 Å². The Kier molecular flexibility index (Phi) is 4.14. The fourth-order valence-corrected chi connectivity index (χ4v) is 2.99. The van der Waals surface area contributed by atoms with Crippen LogP contribution in [0.15, 0.2) is 35.4 Å². The monoisotopic (exact) mass is 312 g/mol. The Hall–Kier alpha value is -2.63. The maximum atomic E-state index is 12.4. The summed E-state index contributed by atoms with van der Waals surface area (Å²) in [6.45, 7) is 5.40. The van der Waals surface area contributed by atoms with Crippen LogP contribution in [0.3, 0.4) is 0 Å². The molecule has 0 spiro atoms. The van der Waals surface area contributed by atoms with Crippen LogP contribution in [0.4, 0.5) is 5.82 Å². The highest BCUT2D eigenvalue weighted by Gasteiger charge is 2.25. The van der Waals surface area contributed by atoms with E-state index in [1.165, 1.54) is 12.4 Å². The van der Waals surface area contributed by atoms with Crippen LogP contribution < -0.4 is 15.8 Å². The van der Waals surface area contributed by atoms with E-state index < -0.39 is 0 Å². The van der Waals surface area contributed by atoms with E-state index in [0.29, 0.717) is 17.9 Å². The van der Waals surface area contributed by atoms with Crippen molar-refractivity contribution in [3.63, 3.8) is 0 Å². The molecule has 1 saturated heterocycles. The first-order valence-corrected chi connectivity index (χ1v) is 7.70. The van der Waals surface area contributed by atoms with E-state index in [9.17, 15) is 9.59 Å². The fourth-order valence-electron chi connectivity index (χ4n) is 2.99. The number of amides is 1. The molecule has 6 heteroatoms. The zero-order valence-corrected chi connectivity index (χ0v) is 13.3. The number of carbonyl (C=O) groups is 1. The summed E-state index contributed by atoms with van der Waals surface area (Å²) in [4.78, 5) is 32.5. The maximum Gasteiger partial charge on any atom is 0.252 e. The second-order valence-corrected chi connectivity index (χ2v) is 6.05. The Balaban J connectivity index is 1.65. The Labute approximate surface area is 134 Å². The SMILES string of the molecule is Cc1cc(C)cc(C(=O)NC2CCN(c3cc(=O)[nH]cn3)C2)c1. The number of hydrogen-bond donors (Lipinski definition) is 2. The van der Waals surface area contributed by atoms with Gasteiger partial charge in [-0.2, -0.15) is 0 Å². The Morgan fingerprint density at radius 2 is 2.00 bits per heavy atom. The molecule has 0 aliphatic carbocycles. The maximum absolute atomic E-state index is 12.4. The van der Waals surface area contributed by atoms with Crippen molar-refractivity contribution in [1.82, 2.24) is 15.3 Å². The van der Waals surface area contributed by atoms with E-state index >= 15 is 0 Å². The molecular formula is C17H20N4O2. The number of aryl methyl sites for hydroxylation is 2. The average molecular weight is 312 g/mol. The molecule has 6 nitrogen and oxygen atoms in total. The van der Waals surface area contributed by atoms with E-state index in [4.69, 9.17) is 0 Å². The highest BCUT2D eigenvalue weighted by atomic mass is 16.1. The van der Waals surface area contributed by atoms with Crippen LogP contribution in [-0.4, -0.2) is 35.0 Å². The Morgan fingerprint density at radius 3 is 2.70 bits per heavy atom. The van der Waals surface area contributed by atoms with Crippen LogP contribution in [0.5, 0.6) is 0 Å². The first-order chi connectivity index (χ1) is 11.0. The first kappa shape index (κ1) is 15.3. The number of aromatic amines is 1. The number of H-pyrrole nitrogens is 1. The standard InChI is InChI=1S/C17H20N4O2/c1-11-5-12(2)7-13(6-11)17(23)20-14-3-4-21(9-14)15-8-16(22)19-10-18-15/h5-8,10,14H,3-4,9H2,1-2H3,(H,20,23)(H,18,19,22). The predicted octanol–water partition coefficient (Wildman–Crippen LogP) is 1.40. The second-order valence-electron chi connectivity index (χ2n) is 6.05. The van der Waals surface area contributed by atoms with Gasteiger partial charge in [-0.1, -0.05) is 17.2 Å². The molecule has 1 unspecified atom stereocenters. The van der Waals surface area contributed by atoms with E-state index in [1.807, 2.05) is 36.9 Å². The van der Waals surface area contributed by atoms with Crippen LogP contribution in [0.25, 0.3) is 0 Å². The lowest BCUT2D eigenvalue weighted by Crippen LogP contribution is -2.37. The van der Waals surface area contributed by atoms with E-state index in [0.717, 1.165) is 24.1 Å². The summed E-state index contributed by atoms with van der Waals surface area (Å²) in [6, 6.07) is 7.38. The van der Waals surface area contributed by atoms with Crippen molar-refractivity contribution in [3.8, 4) is 0 Å². The molecule has 0 bridgehead atoms. The molecular weight excluding hydrogens is 292 g/mol. The van der Waals surface area contributed by atoms with Crippen LogP contribution in [-0.2, 0) is 0 Å². The summed E-state index contributed by atoms with van der Waals surface area (Å²) in [6.07, 6.45) is 2.24. The van der Waals surface area contributed by atoms with E-state index in [-0.39, 0.29) is 17.5 Å². The van der Waals surface area contributed by atoms with Crippen LogP contribution in [0.1, 0.15) is 27.9 Å². The summed E-state index contributed by atoms with van der Waals surface area (Å²) in [5.41, 5.74) is 2.68. The van der Waals surface area contributed by atoms with Gasteiger partial charge in [-0.25, -0.2) is 4.98 Å². The van der Waals surface area contributed by atoms with Gasteiger partial charge in [0.25, 0.3) is 11.5 Å². The molecule has 23 heavy (non-hydrogen) atoms. The van der Waals surface area contributed by atoms with E-state index in [2.05, 4.69) is 15.3 Å². The number of anilines is 1. The van der Waals surface area contributed by atoms with Gasteiger partial charge in [0.2, 0.25) is 0 Å². The zero-order valence-electron chi connectivity index (χ0n) is 13.3. The molecule has 2 N–H and O–H groups in total. The lowest BCUT2D eigenvalue weighted by atomic mass is 10.1. The molecule has 1 aromatic carbocycles. The second kappa shape index (κ2) is 6.24. The summed E-state index contributed by atoms with van der Waals surface area (Å²) in [5, 5.41) is 3.07. The summed E-state index contributed by atoms with van der Waals surface area (Å²) >= 11 is 0. The van der Waals surface area contributed by atoms with Crippen LogP contribution in [0.2, 0.25) is 0 Å². The number of nitrogens with zero attached hydrogens (tertiary/aromatic N) is 2. The smallest absolute Gasteiger partial charge is 0.252 e. The minimum Gasteiger partial charge on any atom is -0.354 e. The molecule has 0 saturated carbocycles. The summed E-state index contributed by atoms with van der Waals surface area (Å²) in [5.74, 6) is 0.597. The minimum absolute atomic E-state index is 0.0532. The normalized spacial score (nSPS) is 17.3. The average Bonchev–Trinajstić information content (AvgIpc) is 2.95. The fraction of sp³-hybridized carbons (Fsp3) is 0.353. The summed E-state index contributed by atoms with van der Waals surface area (Å²) in [7, 11) is 0. The van der Waals surface area contributed by atoms with Gasteiger partial charge >= 0.3 is 0 Å². The summed E-state index contributed by atoms with van der Waals surface area (Å²) < 4.78 is 0. The van der Waals surface area contributed by atoms with Gasteiger partial charge in [-0.15, -0.1) is 0 Å². The molecule has 1 fully saturated rings. The molecule has 3 rings (SSSR count). The van der Waals surface area contributed by atoms with Crippen LogP contribution in [0, 0.1) is 13.8 Å². The van der Waals surface area contributed by atoms with Gasteiger partial charge in [0, 0.05) is 30.8 Å². The first-order valence-electron chi connectivity index (χ1n) is 7.70. The lowest BCUT2D eigenvalue weighted by molar-refractivity contribution is 0.0940. The van der Waals surface area contributed by atoms with Crippen molar-refractivity contribution in [2.45, 2.75) is 26.3 Å². The highest BCUT2D eigenvalue weighted by Crippen LogP contribution is 2.17. The number of rotatable bonds is 3. The number of aromatic nitrogens is 2. The number of nitrogens with one attached hydrogen (secondary N) is 2. The number of hydrogen-bond acceptors (Lipinski definition) is 4. The molecule has 2 heterocycles. The van der Waals surface area contributed by atoms with Gasteiger partial charge in [-0.3, -0.25) is 9.59 Å². The molecule has 1 aromatic heterocycles. The largest absolute Gasteiger partial charge is 0.354 e. The van der Waals surface area contributed by atoms with E-state index in [1.54, 1.807) is 0 Å². The third kappa shape index (κ3) is 3.59. The number of carbonyl (C=O) groups excluding carboxylic acids is 1. The number of benzene rings is 1. The molecule has 2 aromatic rings. The van der Waals surface area contributed by atoms with Gasteiger partial charge in [-0.05, 0) is 32.4 Å². The van der Waals surface area contributed by atoms with Crippen molar-refractivity contribution >= 4 is 11.7 Å². The molecule has 1 aliphatic heterocycles. The zero-order chi connectivity index (χ0) is 16.4. The third-order valence-electron chi connectivity index (χ3n) is 4.00. The van der Waals surface area contributed by atoms with Gasteiger partial charge in [0.15, 0.2) is 0 Å². The van der Waals surface area contributed by atoms with Gasteiger partial charge < -0.3 is 15.2 Å². The van der Waals surface area contributed by atoms with Crippen LogP contribution >= 0.6 is 0 Å². The van der Waals surface area contributed by atoms with Crippen molar-refractivity contribution < 1.29 is 4.79 Å². The van der Waals surface area contributed by atoms with Crippen molar-refractivity contribution in [1.29, 1.82) is 0 Å². The molecule has 1 amide bonds. The molecule has 120 valence electrons. The van der Waals surface area contributed by atoms with Crippen molar-refractivity contribution in [2.24, 2.45) is 0 Å². The van der Waals surface area contributed by atoms with Gasteiger partial charge in [0.1, 0.15) is 5.82 Å². The lowest BCUT2D eigenvalue weighted by Gasteiger charge is -2.17. The quantitative estimate of drug-likeness (QED) is 0.898. The highest BCUT2D eigenvalue weighted by molar-refractivity contribution is 5.94. The van der Waals surface area contributed by atoms with Crippen molar-refractivity contribution in [2.75, 3.05) is 18.0 Å². The Morgan fingerprint density at radius 1 is 1.26 bits per heavy atom. The minimum atomic E-state index is -0.169. The Bertz CT molecular complexity index is 764. The van der Waals surface area contributed by atoms with Crippen molar-refractivity contribution in [3.05, 3.63) is 57.6 Å². The molecule has 0 radical (unpaired) electrons. The molecule has 1 aliphatic rings. The predicted molar refractivity (Wildman–Crippen MR) is 88.9 cm³/mol. The topological polar surface area (TPSA) is 78.1 Å². The molecule has 1 atom stereocenters. The third-order valence-corrected chi connectivity index (χ3v) is 4.00.